The number of piperidine rings is 1. The van der Waals surface area contributed by atoms with Crippen molar-refractivity contribution in [3.63, 3.8) is 0 Å². The van der Waals surface area contributed by atoms with Crippen molar-refractivity contribution in [2.75, 3.05) is 25.0 Å². The zero-order valence-electron chi connectivity index (χ0n) is 13.1. The summed E-state index contributed by atoms with van der Waals surface area (Å²) in [4.78, 5) is 15.3. The summed E-state index contributed by atoms with van der Waals surface area (Å²) in [6.07, 6.45) is 6.81. The van der Waals surface area contributed by atoms with Crippen LogP contribution in [0.5, 0.6) is 0 Å². The molecule has 3 rings (SSSR count). The van der Waals surface area contributed by atoms with Gasteiger partial charge in [0.1, 0.15) is 12.1 Å². The molecule has 0 saturated carbocycles. The van der Waals surface area contributed by atoms with E-state index in [9.17, 15) is 0 Å². The van der Waals surface area contributed by atoms with Gasteiger partial charge in [0.05, 0.1) is 0 Å². The predicted octanol–water partition coefficient (Wildman–Crippen LogP) is 2.30. The van der Waals surface area contributed by atoms with E-state index < -0.39 is 0 Å². The third-order valence-corrected chi connectivity index (χ3v) is 4.07. The van der Waals surface area contributed by atoms with Gasteiger partial charge in [-0.1, -0.05) is 6.07 Å². The van der Waals surface area contributed by atoms with E-state index in [1.807, 2.05) is 19.1 Å². The molecular weight excluding hydrogens is 274 g/mol. The average Bonchev–Trinajstić information content (AvgIpc) is 2.54. The van der Waals surface area contributed by atoms with Crippen LogP contribution in [0, 0.1) is 6.92 Å². The number of pyridine rings is 1. The van der Waals surface area contributed by atoms with Crippen LogP contribution in [0.2, 0.25) is 0 Å². The fourth-order valence-corrected chi connectivity index (χ4v) is 2.97. The molecule has 1 unspecified atom stereocenters. The van der Waals surface area contributed by atoms with Gasteiger partial charge < -0.3 is 10.2 Å². The van der Waals surface area contributed by atoms with Crippen LogP contribution < -0.4 is 5.32 Å². The topological polar surface area (TPSA) is 53.9 Å². The van der Waals surface area contributed by atoms with E-state index in [1.165, 1.54) is 25.1 Å². The molecule has 1 saturated heterocycles. The van der Waals surface area contributed by atoms with Crippen LogP contribution in [0.1, 0.15) is 24.2 Å². The molecule has 1 aliphatic rings. The molecular formula is C17H23N5. The predicted molar refractivity (Wildman–Crippen MR) is 87.8 cm³/mol. The Kier molecular flexibility index (Phi) is 4.96. The van der Waals surface area contributed by atoms with Gasteiger partial charge in [0, 0.05) is 43.1 Å². The van der Waals surface area contributed by atoms with Gasteiger partial charge in [0.15, 0.2) is 0 Å². The first-order valence-electron chi connectivity index (χ1n) is 7.97. The summed E-state index contributed by atoms with van der Waals surface area (Å²) in [5, 5.41) is 3.51. The fourth-order valence-electron chi connectivity index (χ4n) is 2.97. The Morgan fingerprint density at radius 1 is 1.32 bits per heavy atom. The molecule has 0 bridgehead atoms. The number of rotatable bonds is 5. The van der Waals surface area contributed by atoms with Crippen LogP contribution >= 0.6 is 0 Å². The Balaban J connectivity index is 1.50. The van der Waals surface area contributed by atoms with Gasteiger partial charge in [-0.2, -0.15) is 0 Å². The van der Waals surface area contributed by atoms with Gasteiger partial charge in [-0.05, 0) is 44.5 Å². The first kappa shape index (κ1) is 14.9. The van der Waals surface area contributed by atoms with Gasteiger partial charge in [-0.15, -0.1) is 0 Å². The lowest BCUT2D eigenvalue weighted by Crippen LogP contribution is -2.43. The summed E-state index contributed by atoms with van der Waals surface area (Å²) in [6.45, 7) is 5.36. The van der Waals surface area contributed by atoms with Crippen LogP contribution in [0.4, 0.5) is 5.82 Å². The highest BCUT2D eigenvalue weighted by Crippen LogP contribution is 2.14. The third-order valence-electron chi connectivity index (χ3n) is 4.07. The maximum Gasteiger partial charge on any atom is 0.129 e. The SMILES string of the molecule is Cc1cccc(CCN2CCCC(Nc3ccncn3)C2)n1. The number of likely N-dealkylation sites (tertiary alicyclic amines) is 1. The van der Waals surface area contributed by atoms with Crippen LogP contribution in [0.25, 0.3) is 0 Å². The summed E-state index contributed by atoms with van der Waals surface area (Å²) in [5.41, 5.74) is 2.28. The highest BCUT2D eigenvalue weighted by molar-refractivity contribution is 5.33. The second kappa shape index (κ2) is 7.31. The molecule has 1 aliphatic heterocycles. The van der Waals surface area contributed by atoms with Gasteiger partial charge in [0.25, 0.3) is 0 Å². The Morgan fingerprint density at radius 3 is 3.09 bits per heavy atom. The zero-order chi connectivity index (χ0) is 15.2. The molecule has 0 aliphatic carbocycles. The van der Waals surface area contributed by atoms with Crippen molar-refractivity contribution in [3.05, 3.63) is 48.2 Å². The van der Waals surface area contributed by atoms with Crippen molar-refractivity contribution < 1.29 is 0 Å². The largest absolute Gasteiger partial charge is 0.366 e. The maximum absolute atomic E-state index is 4.59. The third kappa shape index (κ3) is 4.24. The lowest BCUT2D eigenvalue weighted by molar-refractivity contribution is 0.218. The van der Waals surface area contributed by atoms with Crippen LogP contribution in [-0.4, -0.2) is 45.5 Å². The molecule has 1 fully saturated rings. The van der Waals surface area contributed by atoms with E-state index in [4.69, 9.17) is 0 Å². The number of aryl methyl sites for hydroxylation is 1. The number of anilines is 1. The highest BCUT2D eigenvalue weighted by Gasteiger charge is 2.19. The Morgan fingerprint density at radius 2 is 2.27 bits per heavy atom. The summed E-state index contributed by atoms with van der Waals surface area (Å²) >= 11 is 0. The molecule has 5 nitrogen and oxygen atoms in total. The van der Waals surface area contributed by atoms with E-state index in [0.29, 0.717) is 6.04 Å². The molecule has 1 N–H and O–H groups in total. The minimum Gasteiger partial charge on any atom is -0.366 e. The van der Waals surface area contributed by atoms with Crippen molar-refractivity contribution in [2.24, 2.45) is 0 Å². The highest BCUT2D eigenvalue weighted by atomic mass is 15.2. The molecule has 5 heteroatoms. The smallest absolute Gasteiger partial charge is 0.129 e. The molecule has 116 valence electrons. The zero-order valence-corrected chi connectivity index (χ0v) is 13.1. The van der Waals surface area contributed by atoms with Gasteiger partial charge in [0.2, 0.25) is 0 Å². The quantitative estimate of drug-likeness (QED) is 0.918. The standard InChI is InChI=1S/C17H23N5/c1-14-4-2-5-15(20-14)8-11-22-10-3-6-16(12-22)21-17-7-9-18-13-19-17/h2,4-5,7,9,13,16H,3,6,8,10-12H2,1H3,(H,18,19,21). The molecule has 0 spiro atoms. The minimum absolute atomic E-state index is 0.467. The van der Waals surface area contributed by atoms with E-state index >= 15 is 0 Å². The van der Waals surface area contributed by atoms with E-state index in [0.717, 1.165) is 31.0 Å². The van der Waals surface area contributed by atoms with Gasteiger partial charge in [-0.3, -0.25) is 4.98 Å². The molecule has 0 radical (unpaired) electrons. The summed E-state index contributed by atoms with van der Waals surface area (Å²) in [7, 11) is 0. The molecule has 0 aromatic carbocycles. The van der Waals surface area contributed by atoms with Crippen molar-refractivity contribution in [1.82, 2.24) is 19.9 Å². The second-order valence-electron chi connectivity index (χ2n) is 5.90. The molecule has 2 aromatic heterocycles. The Bertz CT molecular complexity index is 587. The Labute approximate surface area is 131 Å². The summed E-state index contributed by atoms with van der Waals surface area (Å²) < 4.78 is 0. The molecule has 3 heterocycles. The number of hydrogen-bond donors (Lipinski definition) is 1. The second-order valence-corrected chi connectivity index (χ2v) is 5.90. The average molecular weight is 297 g/mol. The number of aromatic nitrogens is 3. The molecule has 2 aromatic rings. The molecule has 1 atom stereocenters. The Hall–Kier alpha value is -2.01. The number of hydrogen-bond acceptors (Lipinski definition) is 5. The first-order chi connectivity index (χ1) is 10.8. The number of nitrogens with zero attached hydrogens (tertiary/aromatic N) is 4. The molecule has 22 heavy (non-hydrogen) atoms. The fraction of sp³-hybridized carbons (Fsp3) is 0.471. The van der Waals surface area contributed by atoms with Gasteiger partial charge in [-0.25, -0.2) is 9.97 Å². The summed E-state index contributed by atoms with van der Waals surface area (Å²) in [5.74, 6) is 0.919. The van der Waals surface area contributed by atoms with Crippen molar-refractivity contribution in [1.29, 1.82) is 0 Å². The van der Waals surface area contributed by atoms with Crippen LogP contribution in [0.3, 0.4) is 0 Å². The van der Waals surface area contributed by atoms with E-state index in [-0.39, 0.29) is 0 Å². The maximum atomic E-state index is 4.59. The van der Waals surface area contributed by atoms with Crippen molar-refractivity contribution in [3.8, 4) is 0 Å². The van der Waals surface area contributed by atoms with E-state index in [2.05, 4.69) is 37.3 Å². The van der Waals surface area contributed by atoms with Crippen molar-refractivity contribution in [2.45, 2.75) is 32.2 Å². The minimum atomic E-state index is 0.467. The summed E-state index contributed by atoms with van der Waals surface area (Å²) in [6, 6.07) is 8.65. The first-order valence-corrected chi connectivity index (χ1v) is 7.97. The number of nitrogens with one attached hydrogen (secondary N) is 1. The van der Waals surface area contributed by atoms with Crippen molar-refractivity contribution >= 4 is 5.82 Å². The normalized spacial score (nSPS) is 19.0. The molecule has 0 amide bonds. The lowest BCUT2D eigenvalue weighted by Gasteiger charge is -2.33. The van der Waals surface area contributed by atoms with Crippen LogP contribution in [-0.2, 0) is 6.42 Å². The van der Waals surface area contributed by atoms with Crippen LogP contribution in [0.15, 0.2) is 36.8 Å². The monoisotopic (exact) mass is 297 g/mol. The van der Waals surface area contributed by atoms with E-state index in [1.54, 1.807) is 12.5 Å². The lowest BCUT2D eigenvalue weighted by atomic mass is 10.1. The van der Waals surface area contributed by atoms with Gasteiger partial charge >= 0.3 is 0 Å².